The molecule has 0 bridgehead atoms. The van der Waals surface area contributed by atoms with Crippen molar-refractivity contribution < 1.29 is 0 Å². The molecular weight excluding hydrogens is 263 g/mol. The molecule has 0 amide bonds. The zero-order chi connectivity index (χ0) is 9.14. The van der Waals surface area contributed by atoms with Crippen LogP contribution in [0.5, 0.6) is 0 Å². The molecule has 0 saturated heterocycles. The van der Waals surface area contributed by atoms with Crippen molar-refractivity contribution in [2.45, 2.75) is 18.3 Å². The molecular formula is C9H13IN2. The van der Waals surface area contributed by atoms with E-state index >= 15 is 0 Å². The molecule has 1 N–H and O–H groups in total. The predicted molar refractivity (Wildman–Crippen MR) is 61.0 cm³/mol. The van der Waals surface area contributed by atoms with E-state index in [1.54, 1.807) is 0 Å². The molecule has 0 aliphatic heterocycles. The number of nitrogens with zero attached hydrogens (tertiary/aromatic N) is 1. The number of aromatic nitrogens is 1. The number of aryl methyl sites for hydroxylation is 2. The number of hydrogen-bond acceptors (Lipinski definition) is 2. The van der Waals surface area contributed by atoms with Crippen molar-refractivity contribution in [3.05, 3.63) is 22.9 Å². The lowest BCUT2D eigenvalue weighted by Gasteiger charge is -2.09. The van der Waals surface area contributed by atoms with Gasteiger partial charge in [0.25, 0.3) is 0 Å². The van der Waals surface area contributed by atoms with E-state index in [4.69, 9.17) is 0 Å². The van der Waals surface area contributed by atoms with Crippen LogP contribution < -0.4 is 5.32 Å². The fourth-order valence-corrected chi connectivity index (χ4v) is 2.20. The molecule has 0 aliphatic rings. The molecule has 0 aromatic carbocycles. The van der Waals surface area contributed by atoms with E-state index in [0.29, 0.717) is 0 Å². The molecule has 3 heteroatoms. The van der Waals surface area contributed by atoms with Gasteiger partial charge >= 0.3 is 0 Å². The Balaban J connectivity index is 3.24. The number of halogens is 1. The smallest absolute Gasteiger partial charge is 0.130 e. The highest BCUT2D eigenvalue weighted by Crippen LogP contribution is 2.20. The monoisotopic (exact) mass is 276 g/mol. The SMILES string of the molecule is CNc1nc(C)cc(C)c1CI. The maximum Gasteiger partial charge on any atom is 0.130 e. The topological polar surface area (TPSA) is 24.9 Å². The summed E-state index contributed by atoms with van der Waals surface area (Å²) in [5.41, 5.74) is 3.70. The van der Waals surface area contributed by atoms with E-state index in [1.165, 1.54) is 11.1 Å². The lowest BCUT2D eigenvalue weighted by Crippen LogP contribution is -2.00. The third-order valence-corrected chi connectivity index (χ3v) is 2.61. The summed E-state index contributed by atoms with van der Waals surface area (Å²) in [6.45, 7) is 4.15. The van der Waals surface area contributed by atoms with Crippen molar-refractivity contribution in [3.63, 3.8) is 0 Å². The Morgan fingerprint density at radius 1 is 1.50 bits per heavy atom. The van der Waals surface area contributed by atoms with Gasteiger partial charge < -0.3 is 5.32 Å². The first-order valence-electron chi connectivity index (χ1n) is 3.90. The highest BCUT2D eigenvalue weighted by Gasteiger charge is 2.04. The molecule has 0 unspecified atom stereocenters. The standard InChI is InChI=1S/C9H13IN2/c1-6-4-7(2)12-9(11-3)8(6)5-10/h4H,5H2,1-3H3,(H,11,12). The van der Waals surface area contributed by atoms with Crippen LogP contribution in [-0.2, 0) is 4.43 Å². The Labute approximate surface area is 86.9 Å². The van der Waals surface area contributed by atoms with Gasteiger partial charge in [-0.2, -0.15) is 0 Å². The number of nitrogens with one attached hydrogen (secondary N) is 1. The van der Waals surface area contributed by atoms with Crippen molar-refractivity contribution in [1.82, 2.24) is 4.98 Å². The summed E-state index contributed by atoms with van der Waals surface area (Å²) in [5, 5.41) is 3.11. The summed E-state index contributed by atoms with van der Waals surface area (Å²) in [6.07, 6.45) is 0. The van der Waals surface area contributed by atoms with Crippen LogP contribution in [0.2, 0.25) is 0 Å². The summed E-state index contributed by atoms with van der Waals surface area (Å²) in [7, 11) is 1.91. The molecule has 0 aliphatic carbocycles. The molecule has 0 saturated carbocycles. The van der Waals surface area contributed by atoms with Crippen LogP contribution in [0, 0.1) is 13.8 Å². The highest BCUT2D eigenvalue weighted by atomic mass is 127. The fourth-order valence-electron chi connectivity index (χ4n) is 1.24. The number of rotatable bonds is 2. The second kappa shape index (κ2) is 4.07. The number of hydrogen-bond donors (Lipinski definition) is 1. The summed E-state index contributed by atoms with van der Waals surface area (Å²) >= 11 is 2.36. The molecule has 1 aromatic heterocycles. The Bertz CT molecular complexity index is 284. The Kier molecular flexibility index (Phi) is 3.31. The molecule has 66 valence electrons. The molecule has 1 heterocycles. The van der Waals surface area contributed by atoms with Crippen molar-refractivity contribution in [2.75, 3.05) is 12.4 Å². The van der Waals surface area contributed by atoms with Crippen LogP contribution in [0.3, 0.4) is 0 Å². The third kappa shape index (κ3) is 1.88. The van der Waals surface area contributed by atoms with Gasteiger partial charge in [-0.1, -0.05) is 22.6 Å². The van der Waals surface area contributed by atoms with Crippen LogP contribution in [0.1, 0.15) is 16.8 Å². The van der Waals surface area contributed by atoms with Crippen molar-refractivity contribution in [2.24, 2.45) is 0 Å². The summed E-state index contributed by atoms with van der Waals surface area (Å²) < 4.78 is 1.01. The van der Waals surface area contributed by atoms with Crippen LogP contribution >= 0.6 is 22.6 Å². The third-order valence-electron chi connectivity index (χ3n) is 1.85. The van der Waals surface area contributed by atoms with E-state index in [2.05, 4.69) is 45.9 Å². The van der Waals surface area contributed by atoms with Gasteiger partial charge in [-0.25, -0.2) is 4.98 Å². The number of pyridine rings is 1. The van der Waals surface area contributed by atoms with E-state index < -0.39 is 0 Å². The quantitative estimate of drug-likeness (QED) is 0.663. The van der Waals surface area contributed by atoms with Gasteiger partial charge in [0.2, 0.25) is 0 Å². The number of alkyl halides is 1. The lowest BCUT2D eigenvalue weighted by atomic mass is 10.1. The summed E-state index contributed by atoms with van der Waals surface area (Å²) in [5.74, 6) is 1.02. The van der Waals surface area contributed by atoms with Gasteiger partial charge in [-0.05, 0) is 25.5 Å². The highest BCUT2D eigenvalue weighted by molar-refractivity contribution is 14.1. The fraction of sp³-hybridized carbons (Fsp3) is 0.444. The zero-order valence-corrected chi connectivity index (χ0v) is 9.77. The zero-order valence-electron chi connectivity index (χ0n) is 7.61. The molecule has 0 spiro atoms. The Morgan fingerprint density at radius 2 is 2.17 bits per heavy atom. The predicted octanol–water partition coefficient (Wildman–Crippen LogP) is 2.68. The largest absolute Gasteiger partial charge is 0.373 e. The minimum absolute atomic E-state index is 1.01. The van der Waals surface area contributed by atoms with Crippen LogP contribution in [0.25, 0.3) is 0 Å². The first-order chi connectivity index (χ1) is 5.69. The van der Waals surface area contributed by atoms with E-state index in [0.717, 1.165) is 15.9 Å². The number of anilines is 1. The van der Waals surface area contributed by atoms with Crippen molar-refractivity contribution in [3.8, 4) is 0 Å². The second-order valence-corrected chi connectivity index (χ2v) is 3.55. The van der Waals surface area contributed by atoms with E-state index in [1.807, 2.05) is 14.0 Å². The summed E-state index contributed by atoms with van der Waals surface area (Å²) in [4.78, 5) is 4.41. The molecule has 1 aromatic rings. The molecule has 1 rings (SSSR count). The lowest BCUT2D eigenvalue weighted by molar-refractivity contribution is 1.13. The van der Waals surface area contributed by atoms with Crippen molar-refractivity contribution in [1.29, 1.82) is 0 Å². The average Bonchev–Trinajstić information content (AvgIpc) is 2.03. The first kappa shape index (κ1) is 9.77. The van der Waals surface area contributed by atoms with Crippen LogP contribution in [0.15, 0.2) is 6.07 Å². The Hall–Kier alpha value is -0.320. The Morgan fingerprint density at radius 3 is 2.67 bits per heavy atom. The molecule has 0 fully saturated rings. The van der Waals surface area contributed by atoms with E-state index in [-0.39, 0.29) is 0 Å². The van der Waals surface area contributed by atoms with Gasteiger partial charge in [-0.3, -0.25) is 0 Å². The minimum Gasteiger partial charge on any atom is -0.373 e. The minimum atomic E-state index is 1.01. The molecule has 0 atom stereocenters. The summed E-state index contributed by atoms with van der Waals surface area (Å²) in [6, 6.07) is 2.12. The van der Waals surface area contributed by atoms with Crippen molar-refractivity contribution >= 4 is 28.4 Å². The normalized spacial score (nSPS) is 10.0. The van der Waals surface area contributed by atoms with Gasteiger partial charge in [0.15, 0.2) is 0 Å². The van der Waals surface area contributed by atoms with Gasteiger partial charge in [-0.15, -0.1) is 0 Å². The molecule has 0 radical (unpaired) electrons. The maximum atomic E-state index is 4.41. The second-order valence-electron chi connectivity index (χ2n) is 2.79. The van der Waals surface area contributed by atoms with Gasteiger partial charge in [0.1, 0.15) is 5.82 Å². The maximum absolute atomic E-state index is 4.41. The first-order valence-corrected chi connectivity index (χ1v) is 5.42. The van der Waals surface area contributed by atoms with Gasteiger partial charge in [0.05, 0.1) is 0 Å². The van der Waals surface area contributed by atoms with Gasteiger partial charge in [0, 0.05) is 22.7 Å². The molecule has 2 nitrogen and oxygen atoms in total. The average molecular weight is 276 g/mol. The van der Waals surface area contributed by atoms with E-state index in [9.17, 15) is 0 Å². The molecule has 12 heavy (non-hydrogen) atoms. The van der Waals surface area contributed by atoms with Crippen LogP contribution in [0.4, 0.5) is 5.82 Å². The van der Waals surface area contributed by atoms with Crippen LogP contribution in [-0.4, -0.2) is 12.0 Å².